The molecule has 2 unspecified atom stereocenters. The molecule has 0 aromatic carbocycles. The van der Waals surface area contributed by atoms with Gasteiger partial charge in [-0.1, -0.05) is 182 Å². The predicted octanol–water partition coefficient (Wildman–Crippen LogP) is 7.41. The molecule has 0 aliphatic rings. The minimum Gasteiger partial charge on any atom is -0.548 e. The second-order valence-corrected chi connectivity index (χ2v) is 14.1. The standard InChI is InChI=1S/2C20H39NO3.Mg/c2*1-3-5-6-7-8-9-10-11-12-13-14-15-17-20(21,19(23)24)18(22)16-4-2;/h2*3-17,21H2,1-2H3,(H,23,24);/q;;+2/p-2. The maximum Gasteiger partial charge on any atom is 2.00 e. The minimum atomic E-state index is -1.78. The SMILES string of the molecule is CCCCCCCCCCCCCCC(N)(C(=O)[O-])C(=O)CCC.CCCCCCCCCCCCCCC(N)(C(=O)[O-])C(=O)CCC.[Mg+2]. The molecule has 0 bridgehead atoms. The number of hydrogen-bond donors (Lipinski definition) is 2. The fraction of sp³-hybridized carbons (Fsp3) is 0.900. The van der Waals surface area contributed by atoms with E-state index in [1.54, 1.807) is 0 Å². The molecule has 8 nitrogen and oxygen atoms in total. The van der Waals surface area contributed by atoms with Gasteiger partial charge in [0.1, 0.15) is 11.1 Å². The van der Waals surface area contributed by atoms with Crippen LogP contribution in [0.15, 0.2) is 0 Å². The third-order valence-corrected chi connectivity index (χ3v) is 9.53. The summed E-state index contributed by atoms with van der Waals surface area (Å²) in [6.45, 7) is 8.16. The monoisotopic (exact) mass is 705 g/mol. The van der Waals surface area contributed by atoms with Crippen LogP contribution in [-0.4, -0.2) is 57.6 Å². The van der Waals surface area contributed by atoms with Crippen LogP contribution in [0.4, 0.5) is 0 Å². The molecule has 0 rings (SSSR count). The van der Waals surface area contributed by atoms with Crippen molar-refractivity contribution in [3.05, 3.63) is 0 Å². The number of rotatable bonds is 34. The first kappa shape index (κ1) is 52.3. The molecule has 0 aliphatic carbocycles. The van der Waals surface area contributed by atoms with Crippen molar-refractivity contribution in [1.29, 1.82) is 0 Å². The van der Waals surface area contributed by atoms with Gasteiger partial charge in [-0.3, -0.25) is 9.59 Å². The molecule has 0 amide bonds. The maximum atomic E-state index is 11.9. The molecule has 0 radical (unpaired) electrons. The van der Waals surface area contributed by atoms with Gasteiger partial charge < -0.3 is 31.3 Å². The maximum absolute atomic E-state index is 11.9. The number of unbranched alkanes of at least 4 members (excludes halogenated alkanes) is 22. The van der Waals surface area contributed by atoms with E-state index in [9.17, 15) is 29.4 Å². The van der Waals surface area contributed by atoms with Crippen molar-refractivity contribution in [2.45, 2.75) is 231 Å². The molecule has 0 aromatic heterocycles. The summed E-state index contributed by atoms with van der Waals surface area (Å²) in [5, 5.41) is 22.4. The number of nitrogens with two attached hydrogens (primary N) is 2. The Morgan fingerprint density at radius 3 is 0.776 bits per heavy atom. The third-order valence-electron chi connectivity index (χ3n) is 9.53. The zero-order valence-electron chi connectivity index (χ0n) is 32.5. The Morgan fingerprint density at radius 1 is 0.388 bits per heavy atom. The van der Waals surface area contributed by atoms with Crippen molar-refractivity contribution in [3.8, 4) is 0 Å². The molecule has 49 heavy (non-hydrogen) atoms. The molecule has 0 spiro atoms. The summed E-state index contributed by atoms with van der Waals surface area (Å²) < 4.78 is 0. The van der Waals surface area contributed by atoms with E-state index < -0.39 is 34.6 Å². The molecule has 284 valence electrons. The number of aliphatic carboxylic acids is 2. The Balaban J connectivity index is -0.000000846. The predicted molar refractivity (Wildman–Crippen MR) is 201 cm³/mol. The zero-order chi connectivity index (χ0) is 36.5. The molecule has 0 fully saturated rings. The zero-order valence-corrected chi connectivity index (χ0v) is 33.9. The van der Waals surface area contributed by atoms with Crippen LogP contribution in [0.3, 0.4) is 0 Å². The van der Waals surface area contributed by atoms with E-state index in [1.165, 1.54) is 116 Å². The summed E-state index contributed by atoms with van der Waals surface area (Å²) in [6, 6.07) is 0. The molecule has 0 heterocycles. The van der Waals surface area contributed by atoms with Crippen LogP contribution in [-0.2, 0) is 19.2 Å². The van der Waals surface area contributed by atoms with Crippen LogP contribution < -0.4 is 21.7 Å². The van der Waals surface area contributed by atoms with Crippen molar-refractivity contribution in [1.82, 2.24) is 0 Å². The second kappa shape index (κ2) is 35.4. The Morgan fingerprint density at radius 2 is 0.592 bits per heavy atom. The smallest absolute Gasteiger partial charge is 0.548 e. The summed E-state index contributed by atoms with van der Waals surface area (Å²) in [4.78, 5) is 46.2. The van der Waals surface area contributed by atoms with Gasteiger partial charge in [-0.05, 0) is 25.7 Å². The van der Waals surface area contributed by atoms with Crippen molar-refractivity contribution in [3.63, 3.8) is 0 Å². The number of Topliss-reactive ketones (excluding diaryl/α,β-unsaturated/α-hetero) is 2. The van der Waals surface area contributed by atoms with E-state index >= 15 is 0 Å². The van der Waals surface area contributed by atoms with E-state index in [0.717, 1.165) is 25.7 Å². The Bertz CT molecular complexity index is 761. The number of carbonyl (C=O) groups is 4. The van der Waals surface area contributed by atoms with Gasteiger partial charge in [0.25, 0.3) is 0 Å². The Labute approximate surface area is 317 Å². The van der Waals surface area contributed by atoms with Crippen molar-refractivity contribution < 1.29 is 29.4 Å². The van der Waals surface area contributed by atoms with Crippen LogP contribution in [0.2, 0.25) is 0 Å². The van der Waals surface area contributed by atoms with E-state index in [1.807, 2.05) is 13.8 Å². The molecular formula is C40H76MgN2O6. The summed E-state index contributed by atoms with van der Waals surface area (Å²) in [6.07, 6.45) is 31.0. The molecule has 4 N–H and O–H groups in total. The number of hydrogen-bond acceptors (Lipinski definition) is 8. The number of carbonyl (C=O) groups excluding carboxylic acids is 4. The van der Waals surface area contributed by atoms with Crippen LogP contribution in [0.1, 0.15) is 220 Å². The summed E-state index contributed by atoms with van der Waals surface area (Å²) >= 11 is 0. The van der Waals surface area contributed by atoms with Gasteiger partial charge in [-0.2, -0.15) is 0 Å². The van der Waals surface area contributed by atoms with E-state index in [4.69, 9.17) is 11.5 Å². The van der Waals surface area contributed by atoms with E-state index in [0.29, 0.717) is 25.7 Å². The normalized spacial score (nSPS) is 13.3. The summed E-state index contributed by atoms with van der Waals surface area (Å²) in [5.41, 5.74) is 8.01. The average molecular weight is 705 g/mol. The van der Waals surface area contributed by atoms with Gasteiger partial charge >= 0.3 is 23.1 Å². The first-order chi connectivity index (χ1) is 23.0. The summed E-state index contributed by atoms with van der Waals surface area (Å²) in [5.74, 6) is -3.64. The number of carboxylic acid groups (broad SMARTS) is 2. The first-order valence-corrected chi connectivity index (χ1v) is 20.0. The van der Waals surface area contributed by atoms with E-state index in [-0.39, 0.29) is 48.7 Å². The van der Waals surface area contributed by atoms with Crippen LogP contribution in [0.5, 0.6) is 0 Å². The van der Waals surface area contributed by atoms with E-state index in [2.05, 4.69) is 13.8 Å². The van der Waals surface area contributed by atoms with Crippen LogP contribution in [0, 0.1) is 0 Å². The van der Waals surface area contributed by atoms with Gasteiger partial charge in [0.2, 0.25) is 0 Å². The third kappa shape index (κ3) is 27.3. The second-order valence-electron chi connectivity index (χ2n) is 14.1. The summed E-state index contributed by atoms with van der Waals surface area (Å²) in [7, 11) is 0. The van der Waals surface area contributed by atoms with Crippen LogP contribution in [0.25, 0.3) is 0 Å². The largest absolute Gasteiger partial charge is 2.00 e. The molecule has 0 saturated carbocycles. The molecule has 0 saturated heterocycles. The molecular weight excluding hydrogens is 629 g/mol. The van der Waals surface area contributed by atoms with Gasteiger partial charge in [-0.15, -0.1) is 0 Å². The molecule has 0 aliphatic heterocycles. The van der Waals surface area contributed by atoms with Crippen molar-refractivity contribution >= 4 is 46.6 Å². The Kier molecular flexibility index (Phi) is 37.8. The van der Waals surface area contributed by atoms with Gasteiger partial charge in [0.05, 0.1) is 11.9 Å². The van der Waals surface area contributed by atoms with Gasteiger partial charge in [-0.25, -0.2) is 0 Å². The fourth-order valence-electron chi connectivity index (χ4n) is 6.10. The fourth-order valence-corrected chi connectivity index (χ4v) is 6.10. The molecule has 9 heteroatoms. The van der Waals surface area contributed by atoms with Crippen molar-refractivity contribution in [2.24, 2.45) is 11.5 Å². The molecule has 0 aromatic rings. The number of ketones is 2. The van der Waals surface area contributed by atoms with Crippen LogP contribution >= 0.6 is 0 Å². The Hall–Kier alpha value is -1.03. The minimum absolute atomic E-state index is 0. The van der Waals surface area contributed by atoms with Crippen molar-refractivity contribution in [2.75, 3.05) is 0 Å². The van der Waals surface area contributed by atoms with Gasteiger partial charge in [0.15, 0.2) is 11.6 Å². The quantitative estimate of drug-likeness (QED) is 0.0397. The molecule has 2 atom stereocenters. The average Bonchev–Trinajstić information content (AvgIpc) is 3.05. The first-order valence-electron chi connectivity index (χ1n) is 20.0. The number of carboxylic acids is 2. The topological polar surface area (TPSA) is 166 Å². The van der Waals surface area contributed by atoms with Gasteiger partial charge in [0, 0.05) is 12.8 Å².